The van der Waals surface area contributed by atoms with Crippen LogP contribution in [0.1, 0.15) is 23.6 Å². The Morgan fingerprint density at radius 2 is 1.95 bits per heavy atom. The number of hydrogen-bond donors (Lipinski definition) is 1. The van der Waals surface area contributed by atoms with Crippen LogP contribution in [0.3, 0.4) is 0 Å². The molecule has 0 aromatic heterocycles. The molecule has 3 heteroatoms. The number of nitrogens with two attached hydrogens (primary N) is 1. The first-order valence-corrected chi connectivity index (χ1v) is 6.80. The molecule has 0 spiro atoms. The molecule has 0 aliphatic carbocycles. The molecule has 0 fully saturated rings. The molecule has 0 bridgehead atoms. The summed E-state index contributed by atoms with van der Waals surface area (Å²) in [4.78, 5) is 0. The van der Waals surface area contributed by atoms with Crippen LogP contribution in [0.25, 0.3) is 0 Å². The number of benzene rings is 2. The fraction of sp³-hybridized carbons (Fsp3) is 0.250. The van der Waals surface area contributed by atoms with Crippen LogP contribution in [-0.4, -0.2) is 0 Å². The van der Waals surface area contributed by atoms with E-state index < -0.39 is 0 Å². The number of aryl methyl sites for hydroxylation is 1. The molecule has 0 atom stereocenters. The van der Waals surface area contributed by atoms with Gasteiger partial charge in [0.25, 0.3) is 0 Å². The van der Waals surface area contributed by atoms with Gasteiger partial charge in [-0.05, 0) is 35.7 Å². The van der Waals surface area contributed by atoms with Crippen LogP contribution in [0.4, 0.5) is 0 Å². The number of rotatable bonds is 5. The van der Waals surface area contributed by atoms with Gasteiger partial charge in [0.05, 0.1) is 0 Å². The van der Waals surface area contributed by atoms with Gasteiger partial charge < -0.3 is 10.5 Å². The first-order chi connectivity index (χ1) is 9.22. The summed E-state index contributed by atoms with van der Waals surface area (Å²) in [5, 5.41) is 0.703. The summed E-state index contributed by atoms with van der Waals surface area (Å²) in [6.45, 7) is 3.10. The van der Waals surface area contributed by atoms with E-state index in [1.807, 2.05) is 30.3 Å². The lowest BCUT2D eigenvalue weighted by molar-refractivity contribution is 0.306. The van der Waals surface area contributed by atoms with E-state index in [1.54, 1.807) is 0 Å². The van der Waals surface area contributed by atoms with Gasteiger partial charge in [0, 0.05) is 17.1 Å². The van der Waals surface area contributed by atoms with Crippen molar-refractivity contribution in [3.8, 4) is 5.75 Å². The molecular formula is C16H18ClNO. The minimum atomic E-state index is 0.469. The van der Waals surface area contributed by atoms with Gasteiger partial charge in [-0.2, -0.15) is 0 Å². The van der Waals surface area contributed by atoms with E-state index in [1.165, 1.54) is 5.56 Å². The Kier molecular flexibility index (Phi) is 4.83. The Hall–Kier alpha value is -1.51. The van der Waals surface area contributed by atoms with E-state index in [0.717, 1.165) is 23.3 Å². The third-order valence-electron chi connectivity index (χ3n) is 3.05. The van der Waals surface area contributed by atoms with Crippen molar-refractivity contribution in [2.24, 2.45) is 5.73 Å². The zero-order valence-corrected chi connectivity index (χ0v) is 11.8. The quantitative estimate of drug-likeness (QED) is 0.897. The van der Waals surface area contributed by atoms with Crippen molar-refractivity contribution in [1.29, 1.82) is 0 Å². The highest BCUT2D eigenvalue weighted by atomic mass is 35.5. The molecule has 0 saturated carbocycles. The molecule has 0 aliphatic rings. The van der Waals surface area contributed by atoms with Crippen molar-refractivity contribution in [3.05, 3.63) is 64.2 Å². The van der Waals surface area contributed by atoms with Crippen LogP contribution < -0.4 is 10.5 Å². The van der Waals surface area contributed by atoms with Crippen LogP contribution >= 0.6 is 11.6 Å². The van der Waals surface area contributed by atoms with E-state index in [0.29, 0.717) is 18.2 Å². The van der Waals surface area contributed by atoms with Gasteiger partial charge in [0.15, 0.2) is 0 Å². The van der Waals surface area contributed by atoms with Crippen molar-refractivity contribution in [2.45, 2.75) is 26.5 Å². The highest BCUT2D eigenvalue weighted by molar-refractivity contribution is 6.31. The molecule has 0 heterocycles. The van der Waals surface area contributed by atoms with E-state index in [2.05, 4.69) is 19.1 Å². The van der Waals surface area contributed by atoms with Crippen LogP contribution in [0, 0.1) is 0 Å². The molecule has 19 heavy (non-hydrogen) atoms. The number of halogens is 1. The number of ether oxygens (including phenoxy) is 1. The summed E-state index contributed by atoms with van der Waals surface area (Å²) in [6.07, 6.45) is 1.00. The van der Waals surface area contributed by atoms with E-state index in [-0.39, 0.29) is 0 Å². The lowest BCUT2D eigenvalue weighted by Gasteiger charge is -2.09. The van der Waals surface area contributed by atoms with Gasteiger partial charge >= 0.3 is 0 Å². The molecule has 0 unspecified atom stereocenters. The van der Waals surface area contributed by atoms with Crippen molar-refractivity contribution < 1.29 is 4.74 Å². The number of hydrogen-bond acceptors (Lipinski definition) is 2. The van der Waals surface area contributed by atoms with Gasteiger partial charge in [0.2, 0.25) is 0 Å². The van der Waals surface area contributed by atoms with Crippen LogP contribution in [0.2, 0.25) is 5.02 Å². The Balaban J connectivity index is 2.05. The van der Waals surface area contributed by atoms with Crippen molar-refractivity contribution in [1.82, 2.24) is 0 Å². The zero-order valence-electron chi connectivity index (χ0n) is 11.0. The van der Waals surface area contributed by atoms with Crippen molar-refractivity contribution >= 4 is 11.6 Å². The normalized spacial score (nSPS) is 10.5. The topological polar surface area (TPSA) is 35.2 Å². The fourth-order valence-corrected chi connectivity index (χ4v) is 2.11. The molecule has 0 radical (unpaired) electrons. The van der Waals surface area contributed by atoms with Crippen LogP contribution in [-0.2, 0) is 19.6 Å². The molecular weight excluding hydrogens is 258 g/mol. The summed E-state index contributed by atoms with van der Waals surface area (Å²) >= 11 is 6.20. The summed E-state index contributed by atoms with van der Waals surface area (Å²) < 4.78 is 5.77. The van der Waals surface area contributed by atoms with E-state index >= 15 is 0 Å². The molecule has 0 amide bonds. The second-order valence-electron chi connectivity index (χ2n) is 4.42. The molecule has 2 aromatic rings. The van der Waals surface area contributed by atoms with Crippen molar-refractivity contribution in [3.63, 3.8) is 0 Å². The van der Waals surface area contributed by atoms with Crippen LogP contribution in [0.5, 0.6) is 5.75 Å². The highest BCUT2D eigenvalue weighted by Gasteiger charge is 2.03. The fourth-order valence-electron chi connectivity index (χ4n) is 1.85. The minimum Gasteiger partial charge on any atom is -0.489 e. The smallest absolute Gasteiger partial charge is 0.120 e. The minimum absolute atomic E-state index is 0.469. The molecule has 2 N–H and O–H groups in total. The molecule has 2 rings (SSSR count). The Labute approximate surface area is 119 Å². The standard InChI is InChI=1S/C16H18ClNO/c1-2-12-4-3-5-15(8-12)19-11-14-7-6-13(10-18)9-16(14)17/h3-9H,2,10-11,18H2,1H3. The average Bonchev–Trinajstić information content (AvgIpc) is 2.46. The monoisotopic (exact) mass is 275 g/mol. The van der Waals surface area contributed by atoms with Crippen molar-refractivity contribution in [2.75, 3.05) is 0 Å². The predicted molar refractivity (Wildman–Crippen MR) is 79.5 cm³/mol. The maximum atomic E-state index is 6.20. The first-order valence-electron chi connectivity index (χ1n) is 6.42. The lowest BCUT2D eigenvalue weighted by Crippen LogP contribution is -2.00. The Morgan fingerprint density at radius 1 is 1.11 bits per heavy atom. The maximum absolute atomic E-state index is 6.20. The summed E-state index contributed by atoms with van der Waals surface area (Å²) in [5.74, 6) is 0.873. The summed E-state index contributed by atoms with van der Waals surface area (Å²) in [5.41, 5.74) is 8.84. The molecule has 2 aromatic carbocycles. The molecule has 100 valence electrons. The lowest BCUT2D eigenvalue weighted by atomic mass is 10.1. The summed E-state index contributed by atoms with van der Waals surface area (Å²) in [7, 11) is 0. The second-order valence-corrected chi connectivity index (χ2v) is 4.83. The van der Waals surface area contributed by atoms with Gasteiger partial charge in [-0.3, -0.25) is 0 Å². The second kappa shape index (κ2) is 6.60. The predicted octanol–water partition coefficient (Wildman–Crippen LogP) is 3.94. The molecule has 0 saturated heterocycles. The first kappa shape index (κ1) is 13.9. The summed E-state index contributed by atoms with van der Waals surface area (Å²) in [6, 6.07) is 14.0. The van der Waals surface area contributed by atoms with Gasteiger partial charge in [0.1, 0.15) is 12.4 Å². The van der Waals surface area contributed by atoms with E-state index in [9.17, 15) is 0 Å². The maximum Gasteiger partial charge on any atom is 0.120 e. The van der Waals surface area contributed by atoms with Gasteiger partial charge in [-0.15, -0.1) is 0 Å². The SMILES string of the molecule is CCc1cccc(OCc2ccc(CN)cc2Cl)c1. The highest BCUT2D eigenvalue weighted by Crippen LogP contribution is 2.21. The third kappa shape index (κ3) is 3.72. The third-order valence-corrected chi connectivity index (χ3v) is 3.41. The van der Waals surface area contributed by atoms with Gasteiger partial charge in [-0.25, -0.2) is 0 Å². The largest absolute Gasteiger partial charge is 0.489 e. The molecule has 2 nitrogen and oxygen atoms in total. The van der Waals surface area contributed by atoms with Gasteiger partial charge in [-0.1, -0.05) is 42.8 Å². The molecule has 0 aliphatic heterocycles. The average molecular weight is 276 g/mol. The van der Waals surface area contributed by atoms with Crippen LogP contribution in [0.15, 0.2) is 42.5 Å². The Bertz CT molecular complexity index is 554. The Morgan fingerprint density at radius 3 is 2.63 bits per heavy atom. The van der Waals surface area contributed by atoms with E-state index in [4.69, 9.17) is 22.1 Å². The zero-order chi connectivity index (χ0) is 13.7.